The molecule has 1 N–H and O–H groups in total. The standard InChI is InChI=1S/C18H17FN4O3/c19-13-6-7-15-16(12-13)20-21-17(15)25-18(24)26-23-10-8-22(9-11-23)14-4-2-1-3-5-14/h1-7,12H,8-11H2,(H,20,21). The zero-order valence-electron chi connectivity index (χ0n) is 13.9. The molecule has 134 valence electrons. The highest BCUT2D eigenvalue weighted by atomic mass is 19.1. The van der Waals surface area contributed by atoms with Crippen LogP contribution in [0, 0.1) is 5.82 Å². The zero-order valence-corrected chi connectivity index (χ0v) is 13.9. The topological polar surface area (TPSA) is 70.7 Å². The number of fused-ring (bicyclic) bond motifs is 1. The first-order valence-electron chi connectivity index (χ1n) is 8.27. The number of carbonyl (C=O) groups is 1. The van der Waals surface area contributed by atoms with Crippen molar-refractivity contribution in [3.63, 3.8) is 0 Å². The van der Waals surface area contributed by atoms with Gasteiger partial charge in [0.25, 0.3) is 5.88 Å². The Kier molecular flexibility index (Phi) is 4.40. The van der Waals surface area contributed by atoms with Gasteiger partial charge in [-0.1, -0.05) is 18.2 Å². The van der Waals surface area contributed by atoms with E-state index in [-0.39, 0.29) is 5.88 Å². The third-order valence-electron chi connectivity index (χ3n) is 4.23. The first-order chi connectivity index (χ1) is 12.7. The minimum absolute atomic E-state index is 0.0629. The fourth-order valence-electron chi connectivity index (χ4n) is 2.92. The van der Waals surface area contributed by atoms with Crippen LogP contribution in [0.15, 0.2) is 48.5 Å². The molecular weight excluding hydrogens is 339 g/mol. The number of piperazine rings is 1. The lowest BCUT2D eigenvalue weighted by atomic mass is 10.2. The van der Waals surface area contributed by atoms with E-state index in [2.05, 4.69) is 27.2 Å². The monoisotopic (exact) mass is 356 g/mol. The van der Waals surface area contributed by atoms with Gasteiger partial charge in [-0.15, -0.1) is 10.2 Å². The molecule has 7 nitrogen and oxygen atoms in total. The number of hydroxylamine groups is 2. The molecule has 0 atom stereocenters. The van der Waals surface area contributed by atoms with E-state index in [9.17, 15) is 9.18 Å². The molecule has 1 saturated heterocycles. The molecule has 0 radical (unpaired) electrons. The summed E-state index contributed by atoms with van der Waals surface area (Å²) >= 11 is 0. The maximum Gasteiger partial charge on any atom is 0.534 e. The van der Waals surface area contributed by atoms with Crippen LogP contribution in [0.3, 0.4) is 0 Å². The maximum atomic E-state index is 13.2. The molecule has 0 aliphatic carbocycles. The van der Waals surface area contributed by atoms with Crippen LogP contribution in [0.4, 0.5) is 14.9 Å². The van der Waals surface area contributed by atoms with Gasteiger partial charge in [-0.3, -0.25) is 5.10 Å². The van der Waals surface area contributed by atoms with Crippen LogP contribution < -0.4 is 9.64 Å². The summed E-state index contributed by atoms with van der Waals surface area (Å²) in [6.07, 6.45) is -0.865. The molecule has 0 spiro atoms. The highest BCUT2D eigenvalue weighted by molar-refractivity contribution is 5.85. The fraction of sp³-hybridized carbons (Fsp3) is 0.222. The summed E-state index contributed by atoms with van der Waals surface area (Å²) in [6.45, 7) is 2.61. The highest BCUT2D eigenvalue weighted by Crippen LogP contribution is 2.23. The van der Waals surface area contributed by atoms with Crippen molar-refractivity contribution < 1.29 is 18.8 Å². The van der Waals surface area contributed by atoms with Gasteiger partial charge in [-0.05, 0) is 30.3 Å². The lowest BCUT2D eigenvalue weighted by molar-refractivity contribution is -0.118. The third kappa shape index (κ3) is 3.45. The lowest BCUT2D eigenvalue weighted by Crippen LogP contribution is -2.47. The zero-order chi connectivity index (χ0) is 17.9. The van der Waals surface area contributed by atoms with Gasteiger partial charge < -0.3 is 14.5 Å². The van der Waals surface area contributed by atoms with E-state index < -0.39 is 12.0 Å². The summed E-state index contributed by atoms with van der Waals surface area (Å²) in [7, 11) is 0. The predicted molar refractivity (Wildman–Crippen MR) is 93.4 cm³/mol. The van der Waals surface area contributed by atoms with Crippen LogP contribution in [0.25, 0.3) is 10.9 Å². The van der Waals surface area contributed by atoms with Gasteiger partial charge in [-0.25, -0.2) is 9.18 Å². The van der Waals surface area contributed by atoms with Crippen molar-refractivity contribution in [1.29, 1.82) is 0 Å². The Bertz CT molecular complexity index is 907. The SMILES string of the molecule is O=C(Oc1n[nH]c2cc(F)ccc12)ON1CCN(c2ccccc2)CC1. The molecule has 1 aliphatic heterocycles. The number of halogens is 1. The number of carbonyl (C=O) groups excluding carboxylic acids is 1. The van der Waals surface area contributed by atoms with Gasteiger partial charge in [0.15, 0.2) is 0 Å². The Morgan fingerprint density at radius 1 is 1.08 bits per heavy atom. The summed E-state index contributed by atoms with van der Waals surface area (Å²) in [5.74, 6) is -0.334. The molecule has 0 unspecified atom stereocenters. The predicted octanol–water partition coefficient (Wildman–Crippen LogP) is 2.95. The Hall–Kier alpha value is -3.13. The molecule has 1 aliphatic rings. The molecule has 0 amide bonds. The summed E-state index contributed by atoms with van der Waals surface area (Å²) in [6, 6.07) is 14.1. The molecule has 26 heavy (non-hydrogen) atoms. The molecule has 1 fully saturated rings. The number of benzene rings is 2. The van der Waals surface area contributed by atoms with Crippen molar-refractivity contribution in [1.82, 2.24) is 15.3 Å². The summed E-state index contributed by atoms with van der Waals surface area (Å²) in [4.78, 5) is 19.5. The summed E-state index contributed by atoms with van der Waals surface area (Å²) < 4.78 is 18.3. The normalized spacial score (nSPS) is 15.2. The Balaban J connectivity index is 1.33. The van der Waals surface area contributed by atoms with E-state index in [0.717, 1.165) is 18.8 Å². The molecule has 2 heterocycles. The second-order valence-electron chi connectivity index (χ2n) is 5.91. The largest absolute Gasteiger partial charge is 0.534 e. The van der Waals surface area contributed by atoms with E-state index in [4.69, 9.17) is 9.57 Å². The van der Waals surface area contributed by atoms with Crippen LogP contribution in [0.1, 0.15) is 0 Å². The van der Waals surface area contributed by atoms with E-state index in [0.29, 0.717) is 24.0 Å². The minimum atomic E-state index is -0.865. The van der Waals surface area contributed by atoms with E-state index in [1.54, 1.807) is 5.06 Å². The van der Waals surface area contributed by atoms with Crippen molar-refractivity contribution in [2.24, 2.45) is 0 Å². The van der Waals surface area contributed by atoms with Crippen LogP contribution in [0.2, 0.25) is 0 Å². The lowest BCUT2D eigenvalue weighted by Gasteiger charge is -2.34. The summed E-state index contributed by atoms with van der Waals surface area (Å²) in [5, 5.41) is 8.58. The number of rotatable bonds is 3. The Morgan fingerprint density at radius 3 is 2.62 bits per heavy atom. The second kappa shape index (κ2) is 7.01. The molecule has 3 aromatic rings. The van der Waals surface area contributed by atoms with Gasteiger partial charge in [-0.2, -0.15) is 0 Å². The molecule has 0 saturated carbocycles. The molecule has 0 bridgehead atoms. The van der Waals surface area contributed by atoms with Crippen molar-refractivity contribution in [3.05, 3.63) is 54.3 Å². The Labute approximate surface area is 148 Å². The van der Waals surface area contributed by atoms with Gasteiger partial charge in [0.05, 0.1) is 24.0 Å². The van der Waals surface area contributed by atoms with Crippen molar-refractivity contribution in [2.45, 2.75) is 0 Å². The molecule has 2 aromatic carbocycles. The van der Waals surface area contributed by atoms with Crippen LogP contribution >= 0.6 is 0 Å². The van der Waals surface area contributed by atoms with Crippen LogP contribution in [-0.4, -0.2) is 47.6 Å². The van der Waals surface area contributed by atoms with E-state index in [1.165, 1.54) is 18.2 Å². The molecule has 8 heteroatoms. The van der Waals surface area contributed by atoms with Gasteiger partial charge >= 0.3 is 6.16 Å². The smallest absolute Gasteiger partial charge is 0.372 e. The van der Waals surface area contributed by atoms with E-state index >= 15 is 0 Å². The first-order valence-corrected chi connectivity index (χ1v) is 8.27. The van der Waals surface area contributed by atoms with Crippen LogP contribution in [-0.2, 0) is 4.84 Å². The number of para-hydroxylation sites is 1. The van der Waals surface area contributed by atoms with Gasteiger partial charge in [0.1, 0.15) is 5.82 Å². The number of anilines is 1. The number of ether oxygens (including phenoxy) is 1. The third-order valence-corrected chi connectivity index (χ3v) is 4.23. The number of nitrogens with zero attached hydrogens (tertiary/aromatic N) is 3. The fourth-order valence-corrected chi connectivity index (χ4v) is 2.92. The van der Waals surface area contributed by atoms with Gasteiger partial charge in [0, 0.05) is 18.8 Å². The van der Waals surface area contributed by atoms with E-state index in [1.807, 2.05) is 18.2 Å². The number of aromatic amines is 1. The number of aromatic nitrogens is 2. The second-order valence-corrected chi connectivity index (χ2v) is 5.91. The van der Waals surface area contributed by atoms with Gasteiger partial charge in [0.2, 0.25) is 0 Å². The van der Waals surface area contributed by atoms with Crippen molar-refractivity contribution in [3.8, 4) is 5.88 Å². The average Bonchev–Trinajstić information content (AvgIpc) is 3.04. The van der Waals surface area contributed by atoms with Crippen molar-refractivity contribution in [2.75, 3.05) is 31.1 Å². The highest BCUT2D eigenvalue weighted by Gasteiger charge is 2.22. The summed E-state index contributed by atoms with van der Waals surface area (Å²) in [5.41, 5.74) is 1.59. The number of nitrogens with one attached hydrogen (secondary N) is 1. The average molecular weight is 356 g/mol. The molecule has 4 rings (SSSR count). The van der Waals surface area contributed by atoms with Crippen molar-refractivity contribution >= 4 is 22.7 Å². The molecule has 1 aromatic heterocycles. The first kappa shape index (κ1) is 16.3. The number of H-pyrrole nitrogens is 1. The number of hydrogen-bond acceptors (Lipinski definition) is 6. The Morgan fingerprint density at radius 2 is 1.85 bits per heavy atom. The quantitative estimate of drug-likeness (QED) is 0.728. The molecular formula is C18H17FN4O3. The number of hydrogen-bond donors (Lipinski definition) is 1. The van der Waals surface area contributed by atoms with Crippen LogP contribution in [0.5, 0.6) is 5.88 Å². The minimum Gasteiger partial charge on any atom is -0.372 e. The maximum absolute atomic E-state index is 13.2.